The lowest BCUT2D eigenvalue weighted by atomic mass is 9.77. The zero-order valence-corrected chi connectivity index (χ0v) is 18.6. The highest BCUT2D eigenvalue weighted by molar-refractivity contribution is 5.94. The van der Waals surface area contributed by atoms with E-state index in [1.807, 2.05) is 4.90 Å². The second kappa shape index (κ2) is 12.4. The summed E-state index contributed by atoms with van der Waals surface area (Å²) < 4.78 is 6.30. The molecule has 1 aromatic rings. The van der Waals surface area contributed by atoms with Crippen LogP contribution in [0.3, 0.4) is 0 Å². The molecule has 1 saturated heterocycles. The van der Waals surface area contributed by atoms with Crippen molar-refractivity contribution < 1.29 is 29.3 Å². The molecule has 0 radical (unpaired) electrons. The van der Waals surface area contributed by atoms with Crippen molar-refractivity contribution in [3.63, 3.8) is 0 Å². The Morgan fingerprint density at radius 3 is 2.25 bits per heavy atom. The number of amides is 1. The molecule has 0 spiro atoms. The number of likely N-dealkylation sites (N-methyl/N-ethyl adjacent to an activating group) is 1. The number of pyridine rings is 1. The van der Waals surface area contributed by atoms with Gasteiger partial charge in [-0.2, -0.15) is 0 Å². The molecule has 2 saturated carbocycles. The fourth-order valence-electron chi connectivity index (χ4n) is 4.55. The monoisotopic (exact) mass is 451 g/mol. The van der Waals surface area contributed by atoms with Crippen molar-refractivity contribution in [1.82, 2.24) is 14.8 Å². The molecule has 0 bridgehead atoms. The Kier molecular flexibility index (Phi) is 9.86. The van der Waals surface area contributed by atoms with Crippen LogP contribution in [0.25, 0.3) is 0 Å². The average Bonchev–Trinajstić information content (AvgIpc) is 3.49. The minimum Gasteiger partial charge on any atom is -0.483 e. The van der Waals surface area contributed by atoms with E-state index >= 15 is 0 Å². The van der Waals surface area contributed by atoms with Crippen LogP contribution in [0.2, 0.25) is 0 Å². The maximum atomic E-state index is 12.8. The van der Waals surface area contributed by atoms with Crippen molar-refractivity contribution in [3.8, 4) is 0 Å². The Hall–Kier alpha value is -2.72. The first-order chi connectivity index (χ1) is 15.3. The number of H-pyrrole nitrogens is 1. The zero-order chi connectivity index (χ0) is 23.7. The first-order valence-corrected chi connectivity index (χ1v) is 10.8. The number of ether oxygens (including phenoxy) is 1. The van der Waals surface area contributed by atoms with Gasteiger partial charge in [0, 0.05) is 38.0 Å². The van der Waals surface area contributed by atoms with E-state index in [4.69, 9.17) is 24.5 Å². The van der Waals surface area contributed by atoms with Crippen LogP contribution < -0.4 is 5.56 Å². The third-order valence-corrected chi connectivity index (χ3v) is 6.31. The van der Waals surface area contributed by atoms with Gasteiger partial charge in [0.2, 0.25) is 5.56 Å². The molecule has 178 valence electrons. The Balaban J connectivity index is 0.000000547. The number of nitrogens with one attached hydrogen (secondary N) is 1. The molecule has 10 heteroatoms. The SMILES string of the molecule is CN(C)[C@@H]1C[C@@H]2CN(C(=O)c3ccc(=O)[nH]c3)C[C@@H]2C[C@H]1OCC1CC1.O=CO.O=CO. The Morgan fingerprint density at radius 1 is 1.16 bits per heavy atom. The van der Waals surface area contributed by atoms with Crippen molar-refractivity contribution in [2.75, 3.05) is 33.8 Å². The van der Waals surface area contributed by atoms with Gasteiger partial charge in [-0.3, -0.25) is 19.2 Å². The van der Waals surface area contributed by atoms with Crippen LogP contribution >= 0.6 is 0 Å². The second-order valence-corrected chi connectivity index (χ2v) is 8.70. The summed E-state index contributed by atoms with van der Waals surface area (Å²) >= 11 is 0. The minimum atomic E-state index is -0.250. The first kappa shape index (κ1) is 25.5. The molecule has 32 heavy (non-hydrogen) atoms. The molecule has 10 nitrogen and oxygen atoms in total. The smallest absolute Gasteiger partial charge is 0.290 e. The van der Waals surface area contributed by atoms with E-state index in [1.54, 1.807) is 6.07 Å². The summed E-state index contributed by atoms with van der Waals surface area (Å²) in [6.45, 7) is 2.00. The van der Waals surface area contributed by atoms with E-state index in [9.17, 15) is 9.59 Å². The van der Waals surface area contributed by atoms with Gasteiger partial charge in [-0.25, -0.2) is 0 Å². The van der Waals surface area contributed by atoms with E-state index in [0.717, 1.165) is 38.5 Å². The number of aromatic nitrogens is 1. The highest BCUT2D eigenvalue weighted by Crippen LogP contribution is 2.40. The predicted molar refractivity (Wildman–Crippen MR) is 117 cm³/mol. The van der Waals surface area contributed by atoms with Crippen LogP contribution in [0.5, 0.6) is 0 Å². The molecular weight excluding hydrogens is 418 g/mol. The first-order valence-electron chi connectivity index (χ1n) is 10.8. The Morgan fingerprint density at radius 2 is 1.75 bits per heavy atom. The molecule has 3 aliphatic rings. The number of carboxylic acid groups (broad SMARTS) is 2. The average molecular weight is 452 g/mol. The third-order valence-electron chi connectivity index (χ3n) is 6.31. The number of nitrogens with zero attached hydrogens (tertiary/aromatic N) is 2. The molecule has 1 amide bonds. The molecule has 2 aliphatic carbocycles. The van der Waals surface area contributed by atoms with Crippen LogP contribution in [0.15, 0.2) is 23.1 Å². The van der Waals surface area contributed by atoms with Crippen molar-refractivity contribution in [1.29, 1.82) is 0 Å². The van der Waals surface area contributed by atoms with Gasteiger partial charge in [0.15, 0.2) is 0 Å². The van der Waals surface area contributed by atoms with Gasteiger partial charge < -0.3 is 29.7 Å². The third kappa shape index (κ3) is 7.16. The van der Waals surface area contributed by atoms with E-state index in [0.29, 0.717) is 23.4 Å². The number of rotatable bonds is 5. The molecule has 1 aliphatic heterocycles. The fourth-order valence-corrected chi connectivity index (χ4v) is 4.55. The molecule has 3 N–H and O–H groups in total. The van der Waals surface area contributed by atoms with Crippen LogP contribution in [0.4, 0.5) is 0 Å². The zero-order valence-electron chi connectivity index (χ0n) is 18.6. The summed E-state index contributed by atoms with van der Waals surface area (Å²) in [6, 6.07) is 3.46. The lowest BCUT2D eigenvalue weighted by molar-refractivity contribution is -0.123. The Bertz CT molecular complexity index is 782. The lowest BCUT2D eigenvalue weighted by Gasteiger charge is -2.41. The minimum absolute atomic E-state index is 0.0208. The predicted octanol–water partition coefficient (Wildman–Crippen LogP) is 0.984. The number of carbonyl (C=O) groups is 3. The van der Waals surface area contributed by atoms with E-state index in [1.165, 1.54) is 25.1 Å². The highest BCUT2D eigenvalue weighted by atomic mass is 16.5. The largest absolute Gasteiger partial charge is 0.483 e. The number of aromatic amines is 1. The summed E-state index contributed by atoms with van der Waals surface area (Å²) in [4.78, 5) is 47.6. The van der Waals surface area contributed by atoms with Gasteiger partial charge in [-0.05, 0) is 63.6 Å². The van der Waals surface area contributed by atoms with Gasteiger partial charge in [0.1, 0.15) is 0 Å². The quantitative estimate of drug-likeness (QED) is 0.563. The van der Waals surface area contributed by atoms with Gasteiger partial charge in [-0.15, -0.1) is 0 Å². The van der Waals surface area contributed by atoms with Crippen LogP contribution in [-0.2, 0) is 14.3 Å². The molecule has 3 fully saturated rings. The molecule has 0 unspecified atom stereocenters. The van der Waals surface area contributed by atoms with Crippen LogP contribution in [-0.4, -0.2) is 89.8 Å². The number of hydrogen-bond donors (Lipinski definition) is 3. The normalized spacial score (nSPS) is 26.2. The van der Waals surface area contributed by atoms with Crippen LogP contribution in [0, 0.1) is 17.8 Å². The topological polar surface area (TPSA) is 140 Å². The summed E-state index contributed by atoms with van der Waals surface area (Å²) in [5.41, 5.74) is 0.384. The lowest BCUT2D eigenvalue weighted by Crippen LogP contribution is -2.48. The van der Waals surface area contributed by atoms with E-state index in [2.05, 4.69) is 24.0 Å². The van der Waals surface area contributed by atoms with Gasteiger partial charge in [0.25, 0.3) is 18.9 Å². The standard InChI is InChI=1S/C20H29N3O3.2CH2O2/c1-22(2)17-7-15-10-23(20(25)14-5-6-19(24)21-9-14)11-16(15)8-18(17)26-12-13-3-4-13;2*2-1-3/h5-6,9,13,15-18H,3-4,7-8,10-12H2,1-2H3,(H,21,24);2*1H,(H,2,3)/t15-,16+,17-,18-;;/m1../s1. The molecule has 4 atom stereocenters. The summed E-state index contributed by atoms with van der Waals surface area (Å²) in [6.07, 6.45) is 6.55. The van der Waals surface area contributed by atoms with Crippen molar-refractivity contribution in [2.24, 2.45) is 17.8 Å². The molecule has 0 aromatic carbocycles. The van der Waals surface area contributed by atoms with E-state index < -0.39 is 0 Å². The molecule has 4 rings (SSSR count). The van der Waals surface area contributed by atoms with Gasteiger partial charge >= 0.3 is 0 Å². The number of hydrogen-bond acceptors (Lipinski definition) is 6. The highest BCUT2D eigenvalue weighted by Gasteiger charge is 2.45. The molecule has 2 heterocycles. The number of fused-ring (bicyclic) bond motifs is 1. The second-order valence-electron chi connectivity index (χ2n) is 8.70. The van der Waals surface area contributed by atoms with Crippen LogP contribution in [0.1, 0.15) is 36.0 Å². The number of likely N-dealkylation sites (tertiary alicyclic amines) is 1. The van der Waals surface area contributed by atoms with Gasteiger partial charge in [0.05, 0.1) is 11.7 Å². The summed E-state index contributed by atoms with van der Waals surface area (Å²) in [5.74, 6) is 1.85. The Labute approximate surface area is 187 Å². The number of carbonyl (C=O) groups excluding carboxylic acids is 1. The maximum absolute atomic E-state index is 12.8. The fraction of sp³-hybridized carbons (Fsp3) is 0.636. The van der Waals surface area contributed by atoms with Crippen molar-refractivity contribution in [2.45, 2.75) is 37.8 Å². The summed E-state index contributed by atoms with van der Waals surface area (Å²) in [7, 11) is 4.27. The van der Waals surface area contributed by atoms with E-state index in [-0.39, 0.29) is 30.5 Å². The molecule has 1 aromatic heterocycles. The van der Waals surface area contributed by atoms with Gasteiger partial charge in [-0.1, -0.05) is 0 Å². The maximum Gasteiger partial charge on any atom is 0.290 e. The molecular formula is C22H33N3O7. The van der Waals surface area contributed by atoms with Crippen molar-refractivity contribution in [3.05, 3.63) is 34.2 Å². The summed E-state index contributed by atoms with van der Waals surface area (Å²) in [5, 5.41) is 13.8. The van der Waals surface area contributed by atoms with Crippen molar-refractivity contribution >= 4 is 18.9 Å².